The number of aryl methyl sites for hydroxylation is 2. The average Bonchev–Trinajstić information content (AvgIpc) is 3.08. The highest BCUT2D eigenvalue weighted by molar-refractivity contribution is 5.93. The molecule has 0 unspecified atom stereocenters. The number of imidazole rings is 1. The molecule has 1 aliphatic rings. The molecule has 0 spiro atoms. The number of carbonyl (C=O) groups is 1. The van der Waals surface area contributed by atoms with Crippen LogP contribution in [0.4, 0.5) is 5.69 Å². The number of pyridine rings is 1. The monoisotopic (exact) mass is 334 g/mol. The van der Waals surface area contributed by atoms with Gasteiger partial charge in [-0.1, -0.05) is 23.8 Å². The van der Waals surface area contributed by atoms with Crippen molar-refractivity contribution in [1.29, 1.82) is 0 Å². The molecule has 4 rings (SSSR count). The second-order valence-electron chi connectivity index (χ2n) is 6.66. The largest absolute Gasteiger partial charge is 0.368 e. The summed E-state index contributed by atoms with van der Waals surface area (Å²) in [6.07, 6.45) is 3.76. The Kier molecular flexibility index (Phi) is 3.92. The molecule has 0 bridgehead atoms. The minimum absolute atomic E-state index is 0.0201. The molecular formula is C20H22N4O. The van der Waals surface area contributed by atoms with Crippen molar-refractivity contribution < 1.29 is 4.79 Å². The Bertz CT molecular complexity index is 905. The van der Waals surface area contributed by atoms with E-state index in [1.165, 1.54) is 11.3 Å². The Labute approximate surface area is 147 Å². The minimum Gasteiger partial charge on any atom is -0.368 e. The van der Waals surface area contributed by atoms with Gasteiger partial charge < -0.3 is 14.2 Å². The van der Waals surface area contributed by atoms with E-state index in [9.17, 15) is 4.79 Å². The van der Waals surface area contributed by atoms with Crippen molar-refractivity contribution in [2.24, 2.45) is 0 Å². The fourth-order valence-corrected chi connectivity index (χ4v) is 3.34. The zero-order valence-corrected chi connectivity index (χ0v) is 14.6. The normalized spacial score (nSPS) is 15.0. The van der Waals surface area contributed by atoms with Crippen LogP contribution in [0, 0.1) is 13.8 Å². The fourth-order valence-electron chi connectivity index (χ4n) is 3.34. The number of benzene rings is 1. The number of anilines is 1. The quantitative estimate of drug-likeness (QED) is 0.723. The first-order valence-electron chi connectivity index (χ1n) is 8.67. The van der Waals surface area contributed by atoms with Crippen LogP contribution < -0.4 is 4.90 Å². The molecule has 1 amide bonds. The molecule has 0 atom stereocenters. The number of hydrogen-bond donors (Lipinski definition) is 0. The second kappa shape index (κ2) is 6.24. The lowest BCUT2D eigenvalue weighted by Gasteiger charge is -2.35. The molecule has 1 fully saturated rings. The number of amides is 1. The van der Waals surface area contributed by atoms with Gasteiger partial charge in [0.05, 0.1) is 0 Å². The zero-order chi connectivity index (χ0) is 17.4. The van der Waals surface area contributed by atoms with E-state index in [-0.39, 0.29) is 5.91 Å². The van der Waals surface area contributed by atoms with Crippen LogP contribution in [-0.4, -0.2) is 46.4 Å². The first kappa shape index (κ1) is 15.7. The number of piperazine rings is 1. The molecule has 25 heavy (non-hydrogen) atoms. The van der Waals surface area contributed by atoms with Gasteiger partial charge in [0.15, 0.2) is 0 Å². The van der Waals surface area contributed by atoms with Gasteiger partial charge >= 0.3 is 0 Å². The lowest BCUT2D eigenvalue weighted by molar-refractivity contribution is 0.0741. The average molecular weight is 334 g/mol. The van der Waals surface area contributed by atoms with Crippen molar-refractivity contribution in [3.63, 3.8) is 0 Å². The summed E-state index contributed by atoms with van der Waals surface area (Å²) in [5, 5.41) is 0. The predicted molar refractivity (Wildman–Crippen MR) is 99.2 cm³/mol. The van der Waals surface area contributed by atoms with Crippen LogP contribution in [0.2, 0.25) is 0 Å². The summed E-state index contributed by atoms with van der Waals surface area (Å²) >= 11 is 0. The third-order valence-electron chi connectivity index (χ3n) is 4.86. The van der Waals surface area contributed by atoms with Crippen LogP contribution in [0.3, 0.4) is 0 Å². The number of hydrogen-bond acceptors (Lipinski definition) is 3. The number of aromatic nitrogens is 2. The number of rotatable bonds is 2. The van der Waals surface area contributed by atoms with Crippen LogP contribution in [0.15, 0.2) is 48.8 Å². The maximum absolute atomic E-state index is 12.8. The highest BCUT2D eigenvalue weighted by Gasteiger charge is 2.24. The van der Waals surface area contributed by atoms with Crippen molar-refractivity contribution >= 4 is 17.2 Å². The molecule has 5 nitrogen and oxygen atoms in total. The molecule has 5 heteroatoms. The highest BCUT2D eigenvalue weighted by Crippen LogP contribution is 2.18. The highest BCUT2D eigenvalue weighted by atomic mass is 16.2. The standard InChI is InChI=1S/C20H22N4O/c1-15-5-7-17(8-6-15)22-10-12-23(13-11-22)20(25)18-14-24-9-3-4-16(2)19(24)21-18/h3-9,14H,10-13H2,1-2H3. The van der Waals surface area contributed by atoms with Crippen molar-refractivity contribution in [2.75, 3.05) is 31.1 Å². The van der Waals surface area contributed by atoms with Gasteiger partial charge in [-0.2, -0.15) is 0 Å². The molecule has 128 valence electrons. The molecule has 3 aromatic rings. The Balaban J connectivity index is 1.47. The number of nitrogens with zero attached hydrogens (tertiary/aromatic N) is 4. The van der Waals surface area contributed by atoms with Crippen molar-refractivity contribution in [3.8, 4) is 0 Å². The Morgan fingerprint density at radius 2 is 1.72 bits per heavy atom. The van der Waals surface area contributed by atoms with Gasteiger partial charge in [-0.15, -0.1) is 0 Å². The van der Waals surface area contributed by atoms with Gasteiger partial charge in [0.25, 0.3) is 5.91 Å². The van der Waals surface area contributed by atoms with E-state index in [0.29, 0.717) is 5.69 Å². The van der Waals surface area contributed by atoms with Crippen LogP contribution >= 0.6 is 0 Å². The van der Waals surface area contributed by atoms with Crippen LogP contribution in [0.25, 0.3) is 5.65 Å². The molecule has 2 aromatic heterocycles. The van der Waals surface area contributed by atoms with Crippen molar-refractivity contribution in [2.45, 2.75) is 13.8 Å². The van der Waals surface area contributed by atoms with Crippen molar-refractivity contribution in [3.05, 3.63) is 65.6 Å². The molecule has 1 saturated heterocycles. The molecule has 3 heterocycles. The molecule has 0 radical (unpaired) electrons. The lowest BCUT2D eigenvalue weighted by atomic mass is 10.2. The summed E-state index contributed by atoms with van der Waals surface area (Å²) < 4.78 is 1.92. The lowest BCUT2D eigenvalue weighted by Crippen LogP contribution is -2.48. The van der Waals surface area contributed by atoms with Gasteiger partial charge in [0, 0.05) is 44.3 Å². The molecule has 0 N–H and O–H groups in total. The molecular weight excluding hydrogens is 312 g/mol. The van der Waals surface area contributed by atoms with E-state index in [4.69, 9.17) is 0 Å². The third kappa shape index (κ3) is 2.97. The fraction of sp³-hybridized carbons (Fsp3) is 0.300. The summed E-state index contributed by atoms with van der Waals surface area (Å²) in [5.74, 6) is 0.0201. The van der Waals surface area contributed by atoms with E-state index in [0.717, 1.165) is 37.4 Å². The van der Waals surface area contributed by atoms with Crippen LogP contribution in [0.5, 0.6) is 0 Å². The molecule has 0 saturated carbocycles. The maximum Gasteiger partial charge on any atom is 0.274 e. The molecule has 0 aliphatic carbocycles. The zero-order valence-electron chi connectivity index (χ0n) is 14.6. The topological polar surface area (TPSA) is 40.9 Å². The SMILES string of the molecule is Cc1ccc(N2CCN(C(=O)c3cn4cccc(C)c4n3)CC2)cc1. The summed E-state index contributed by atoms with van der Waals surface area (Å²) in [6.45, 7) is 7.25. The van der Waals surface area contributed by atoms with E-state index >= 15 is 0 Å². The first-order valence-corrected chi connectivity index (χ1v) is 8.67. The molecule has 1 aromatic carbocycles. The second-order valence-corrected chi connectivity index (χ2v) is 6.66. The summed E-state index contributed by atoms with van der Waals surface area (Å²) in [6, 6.07) is 12.5. The third-order valence-corrected chi connectivity index (χ3v) is 4.86. The summed E-state index contributed by atoms with van der Waals surface area (Å²) in [4.78, 5) is 21.6. The Hall–Kier alpha value is -2.82. The first-order chi connectivity index (χ1) is 12.1. The van der Waals surface area contributed by atoms with E-state index in [1.807, 2.05) is 40.8 Å². The van der Waals surface area contributed by atoms with E-state index < -0.39 is 0 Å². The van der Waals surface area contributed by atoms with Gasteiger partial charge in [-0.3, -0.25) is 4.79 Å². The van der Waals surface area contributed by atoms with Gasteiger partial charge in [0.2, 0.25) is 0 Å². The molecule has 1 aliphatic heterocycles. The number of carbonyl (C=O) groups excluding carboxylic acids is 1. The summed E-state index contributed by atoms with van der Waals surface area (Å²) in [5.41, 5.74) is 4.94. The Morgan fingerprint density at radius 3 is 2.40 bits per heavy atom. The summed E-state index contributed by atoms with van der Waals surface area (Å²) in [7, 11) is 0. The predicted octanol–water partition coefficient (Wildman–Crippen LogP) is 2.91. The van der Waals surface area contributed by atoms with E-state index in [2.05, 4.69) is 41.1 Å². The number of fused-ring (bicyclic) bond motifs is 1. The van der Waals surface area contributed by atoms with E-state index in [1.54, 1.807) is 0 Å². The smallest absolute Gasteiger partial charge is 0.274 e. The van der Waals surface area contributed by atoms with Crippen LogP contribution in [0.1, 0.15) is 21.6 Å². The van der Waals surface area contributed by atoms with Gasteiger partial charge in [0.1, 0.15) is 11.3 Å². The van der Waals surface area contributed by atoms with Crippen molar-refractivity contribution in [1.82, 2.24) is 14.3 Å². The Morgan fingerprint density at radius 1 is 1.00 bits per heavy atom. The maximum atomic E-state index is 12.8. The van der Waals surface area contributed by atoms with Gasteiger partial charge in [-0.05, 0) is 37.6 Å². The van der Waals surface area contributed by atoms with Gasteiger partial charge in [-0.25, -0.2) is 4.98 Å². The van der Waals surface area contributed by atoms with Crippen LogP contribution in [-0.2, 0) is 0 Å². The minimum atomic E-state index is 0.0201.